The zero-order chi connectivity index (χ0) is 26.1. The molecular weight excluding hydrogens is 452 g/mol. The van der Waals surface area contributed by atoms with Gasteiger partial charge in [-0.15, -0.1) is 0 Å². The molecule has 192 valence electrons. The van der Waals surface area contributed by atoms with Crippen LogP contribution < -0.4 is 10.6 Å². The average molecular weight is 489 g/mol. The third-order valence-corrected chi connectivity index (χ3v) is 4.33. The quantitative estimate of drug-likeness (QED) is 0.493. The van der Waals surface area contributed by atoms with Crippen LogP contribution in [0.15, 0.2) is 30.7 Å². The minimum absolute atomic E-state index is 0.0974. The van der Waals surface area contributed by atoms with Crippen molar-refractivity contribution in [3.63, 3.8) is 0 Å². The maximum atomic E-state index is 12.8. The Morgan fingerprint density at radius 1 is 1.00 bits per heavy atom. The fourth-order valence-corrected chi connectivity index (χ4v) is 2.88. The lowest BCUT2D eigenvalue weighted by Gasteiger charge is -2.27. The molecule has 0 aliphatic rings. The second-order valence-corrected chi connectivity index (χ2v) is 9.93. The molecule has 2 aromatic heterocycles. The van der Waals surface area contributed by atoms with Gasteiger partial charge in [0, 0.05) is 37.9 Å². The number of imidazole rings is 1. The second-order valence-electron chi connectivity index (χ2n) is 9.93. The number of rotatable bonds is 9. The van der Waals surface area contributed by atoms with Gasteiger partial charge in [0.15, 0.2) is 0 Å². The first-order chi connectivity index (χ1) is 16.3. The van der Waals surface area contributed by atoms with Crippen LogP contribution in [0.25, 0.3) is 0 Å². The van der Waals surface area contributed by atoms with Gasteiger partial charge in [-0.25, -0.2) is 19.6 Å². The van der Waals surface area contributed by atoms with Gasteiger partial charge in [0.05, 0.1) is 18.6 Å². The molecular formula is C24H36N6O5. The van der Waals surface area contributed by atoms with Crippen LogP contribution in [-0.2, 0) is 22.4 Å². The predicted octanol–water partition coefficient (Wildman–Crippen LogP) is 3.04. The smallest absolute Gasteiger partial charge is 0.410 e. The van der Waals surface area contributed by atoms with Crippen molar-refractivity contribution in [2.24, 2.45) is 0 Å². The Morgan fingerprint density at radius 3 is 2.34 bits per heavy atom. The summed E-state index contributed by atoms with van der Waals surface area (Å²) in [6.45, 7) is 11.5. The lowest BCUT2D eigenvalue weighted by molar-refractivity contribution is 0.0222. The highest BCUT2D eigenvalue weighted by Crippen LogP contribution is 2.13. The first-order valence-corrected chi connectivity index (χ1v) is 11.5. The molecule has 11 heteroatoms. The number of ether oxygens (including phenoxy) is 2. The van der Waals surface area contributed by atoms with Gasteiger partial charge in [-0.3, -0.25) is 4.79 Å². The molecule has 2 rings (SSSR count). The van der Waals surface area contributed by atoms with Crippen molar-refractivity contribution < 1.29 is 23.9 Å². The Labute approximate surface area is 206 Å². The van der Waals surface area contributed by atoms with Crippen LogP contribution in [0.3, 0.4) is 0 Å². The van der Waals surface area contributed by atoms with E-state index in [1.807, 2.05) is 0 Å². The number of nitrogens with zero attached hydrogens (tertiary/aromatic N) is 3. The third-order valence-electron chi connectivity index (χ3n) is 4.33. The lowest BCUT2D eigenvalue weighted by atomic mass is 10.2. The maximum Gasteiger partial charge on any atom is 0.410 e. The molecule has 0 saturated heterocycles. The lowest BCUT2D eigenvalue weighted by Crippen LogP contribution is -2.42. The fourth-order valence-electron chi connectivity index (χ4n) is 2.88. The summed E-state index contributed by atoms with van der Waals surface area (Å²) in [7, 11) is 0. The average Bonchev–Trinajstić information content (AvgIpc) is 3.24. The van der Waals surface area contributed by atoms with Crippen molar-refractivity contribution in [3.05, 3.63) is 47.8 Å². The molecule has 0 atom stereocenters. The van der Waals surface area contributed by atoms with E-state index < -0.39 is 23.4 Å². The van der Waals surface area contributed by atoms with Gasteiger partial charge in [-0.2, -0.15) is 0 Å². The van der Waals surface area contributed by atoms with Crippen molar-refractivity contribution in [2.75, 3.05) is 19.6 Å². The van der Waals surface area contributed by atoms with Gasteiger partial charge >= 0.3 is 12.2 Å². The molecule has 11 nitrogen and oxygen atoms in total. The van der Waals surface area contributed by atoms with Gasteiger partial charge < -0.3 is 30.0 Å². The Kier molecular flexibility index (Phi) is 9.61. The van der Waals surface area contributed by atoms with E-state index in [4.69, 9.17) is 9.47 Å². The molecule has 0 aliphatic carbocycles. The minimum atomic E-state index is -0.697. The standard InChI is InChI=1S/C24H36N6O5/c1-23(2,3)34-21(32)27-12-13-30(22(33)35-24(4,5)6)15-18-8-7-9-19(29-18)20(31)26-11-10-17-14-25-16-28-17/h7-9,14,16H,10-13,15H2,1-6H3,(H,25,28)(H,26,31)(H,27,32). The van der Waals surface area contributed by atoms with Gasteiger partial charge in [-0.05, 0) is 53.7 Å². The summed E-state index contributed by atoms with van der Waals surface area (Å²) in [5, 5.41) is 5.46. The van der Waals surface area contributed by atoms with Crippen molar-refractivity contribution in [2.45, 2.75) is 65.7 Å². The summed E-state index contributed by atoms with van der Waals surface area (Å²) in [4.78, 5) is 50.0. The summed E-state index contributed by atoms with van der Waals surface area (Å²) >= 11 is 0. The number of carbonyl (C=O) groups excluding carboxylic acids is 3. The van der Waals surface area contributed by atoms with E-state index in [1.54, 1.807) is 72.3 Å². The number of pyridine rings is 1. The minimum Gasteiger partial charge on any atom is -0.444 e. The molecule has 2 aromatic rings. The van der Waals surface area contributed by atoms with Gasteiger partial charge in [0.2, 0.25) is 0 Å². The molecule has 0 fully saturated rings. The van der Waals surface area contributed by atoms with Crippen molar-refractivity contribution >= 4 is 18.1 Å². The monoisotopic (exact) mass is 488 g/mol. The summed E-state index contributed by atoms with van der Waals surface area (Å²) in [6, 6.07) is 5.04. The van der Waals surface area contributed by atoms with Gasteiger partial charge in [-0.1, -0.05) is 6.07 Å². The van der Waals surface area contributed by atoms with Crippen molar-refractivity contribution in [1.82, 2.24) is 30.5 Å². The molecule has 2 heterocycles. The normalized spacial score (nSPS) is 11.5. The molecule has 0 unspecified atom stereocenters. The number of amides is 3. The number of alkyl carbamates (subject to hydrolysis) is 1. The maximum absolute atomic E-state index is 12.8. The van der Waals surface area contributed by atoms with Crippen molar-refractivity contribution in [1.29, 1.82) is 0 Å². The first-order valence-electron chi connectivity index (χ1n) is 11.5. The predicted molar refractivity (Wildman–Crippen MR) is 130 cm³/mol. The van der Waals surface area contributed by atoms with E-state index in [1.165, 1.54) is 4.90 Å². The summed E-state index contributed by atoms with van der Waals surface area (Å²) in [5.74, 6) is -0.318. The van der Waals surface area contributed by atoms with E-state index in [0.29, 0.717) is 18.7 Å². The van der Waals surface area contributed by atoms with Crippen LogP contribution >= 0.6 is 0 Å². The SMILES string of the molecule is CC(C)(C)OC(=O)NCCN(Cc1cccc(C(=O)NCCc2cnc[nH]2)n1)C(=O)OC(C)(C)C. The summed E-state index contributed by atoms with van der Waals surface area (Å²) < 4.78 is 10.7. The summed E-state index contributed by atoms with van der Waals surface area (Å²) in [5.41, 5.74) is 0.341. The zero-order valence-electron chi connectivity index (χ0n) is 21.3. The van der Waals surface area contributed by atoms with E-state index in [2.05, 4.69) is 25.6 Å². The topological polar surface area (TPSA) is 139 Å². The van der Waals surface area contributed by atoms with Gasteiger partial charge in [0.25, 0.3) is 5.91 Å². The Morgan fingerprint density at radius 2 is 1.71 bits per heavy atom. The van der Waals surface area contributed by atoms with E-state index in [-0.39, 0.29) is 31.2 Å². The van der Waals surface area contributed by atoms with E-state index in [0.717, 1.165) is 5.69 Å². The number of aromatic nitrogens is 3. The van der Waals surface area contributed by atoms with Crippen LogP contribution in [0.1, 0.15) is 63.4 Å². The highest BCUT2D eigenvalue weighted by Gasteiger charge is 2.23. The molecule has 0 aliphatic heterocycles. The van der Waals surface area contributed by atoms with Crippen LogP contribution in [0.5, 0.6) is 0 Å². The molecule has 3 amide bonds. The largest absolute Gasteiger partial charge is 0.444 e. The number of hydrogen-bond acceptors (Lipinski definition) is 7. The number of H-pyrrole nitrogens is 1. The number of hydrogen-bond donors (Lipinski definition) is 3. The van der Waals surface area contributed by atoms with Crippen LogP contribution in [-0.4, -0.2) is 68.8 Å². The molecule has 0 saturated carbocycles. The summed E-state index contributed by atoms with van der Waals surface area (Å²) in [6.07, 6.45) is 2.77. The van der Waals surface area contributed by atoms with Crippen molar-refractivity contribution in [3.8, 4) is 0 Å². The van der Waals surface area contributed by atoms with Crippen LogP contribution in [0.2, 0.25) is 0 Å². The Hall–Kier alpha value is -3.63. The van der Waals surface area contributed by atoms with E-state index >= 15 is 0 Å². The molecule has 0 bridgehead atoms. The van der Waals surface area contributed by atoms with E-state index in [9.17, 15) is 14.4 Å². The Bertz CT molecular complexity index is 979. The number of nitrogens with one attached hydrogen (secondary N) is 3. The highest BCUT2D eigenvalue weighted by atomic mass is 16.6. The molecule has 3 N–H and O–H groups in total. The number of carbonyl (C=O) groups is 3. The Balaban J connectivity index is 2.01. The molecule has 35 heavy (non-hydrogen) atoms. The molecule has 0 aromatic carbocycles. The number of aromatic amines is 1. The molecule has 0 spiro atoms. The highest BCUT2D eigenvalue weighted by molar-refractivity contribution is 5.92. The zero-order valence-corrected chi connectivity index (χ0v) is 21.3. The van der Waals surface area contributed by atoms with Crippen LogP contribution in [0.4, 0.5) is 9.59 Å². The van der Waals surface area contributed by atoms with Gasteiger partial charge in [0.1, 0.15) is 16.9 Å². The third kappa shape index (κ3) is 10.9. The first kappa shape index (κ1) is 27.6. The molecule has 0 radical (unpaired) electrons. The second kappa shape index (κ2) is 12.2. The fraction of sp³-hybridized carbons (Fsp3) is 0.542. The van der Waals surface area contributed by atoms with Crippen LogP contribution in [0, 0.1) is 0 Å².